The molecule has 2 aliphatic heterocycles. The minimum atomic E-state index is -3.11. The van der Waals surface area contributed by atoms with Crippen LogP contribution in [0.1, 0.15) is 49.9 Å². The van der Waals surface area contributed by atoms with Gasteiger partial charge in [0, 0.05) is 25.8 Å². The van der Waals surface area contributed by atoms with Crippen LogP contribution >= 0.6 is 0 Å². The number of amides is 1. The van der Waals surface area contributed by atoms with E-state index in [0.717, 1.165) is 31.9 Å². The number of ether oxygens (including phenoxy) is 1. The summed E-state index contributed by atoms with van der Waals surface area (Å²) < 4.78 is 33.8. The Morgan fingerprint density at radius 2 is 2.04 bits per heavy atom. The fraction of sp³-hybridized carbons (Fsp3) is 0.800. The molecule has 2 saturated heterocycles. The maximum absolute atomic E-state index is 12.1. The molecule has 0 saturated carbocycles. The van der Waals surface area contributed by atoms with Crippen LogP contribution in [0, 0.1) is 6.92 Å². The molecule has 0 aliphatic carbocycles. The van der Waals surface area contributed by atoms with Crippen LogP contribution in [0.2, 0.25) is 0 Å². The number of carbonyl (C=O) groups is 1. The number of likely N-dealkylation sites (tertiary alicyclic amines) is 1. The van der Waals surface area contributed by atoms with Crippen molar-refractivity contribution in [3.63, 3.8) is 0 Å². The third-order valence-electron chi connectivity index (χ3n) is 4.79. The quantitative estimate of drug-likeness (QED) is 0.793. The second-order valence-corrected chi connectivity index (χ2v) is 9.03. The summed E-state index contributed by atoms with van der Waals surface area (Å²) in [5, 5.41) is 3.80. The Balaban J connectivity index is 1.52. The summed E-state index contributed by atoms with van der Waals surface area (Å²) in [5.74, 6) is 0.928. The van der Waals surface area contributed by atoms with Crippen LogP contribution < -0.4 is 0 Å². The average Bonchev–Trinajstić information content (AvgIpc) is 3.12. The van der Waals surface area contributed by atoms with Crippen LogP contribution in [0.4, 0.5) is 0 Å². The van der Waals surface area contributed by atoms with E-state index in [9.17, 15) is 13.2 Å². The van der Waals surface area contributed by atoms with Gasteiger partial charge in [0.2, 0.25) is 5.91 Å². The Morgan fingerprint density at radius 3 is 2.62 bits per heavy atom. The van der Waals surface area contributed by atoms with Gasteiger partial charge in [-0.05, 0) is 32.6 Å². The largest absolute Gasteiger partial charge is 0.362 e. The summed E-state index contributed by atoms with van der Waals surface area (Å²) in [6.07, 6.45) is 4.28. The van der Waals surface area contributed by atoms with Crippen molar-refractivity contribution < 1.29 is 22.5 Å². The molecule has 0 aromatic carbocycles. The molecule has 9 heteroatoms. The molecule has 134 valence electrons. The Bertz CT molecular complexity index is 706. The standard InChI is InChI=1S/C15H23N3O5S/c1-11-16-14(23-17-11)12-3-5-15(22-12)6-8-18(9-7-15)13(19)4-10-24(2,20)21/h12H,3-10H2,1-2H3/t12-/m0/s1. The first kappa shape index (κ1) is 17.3. The number of sulfone groups is 1. The molecule has 0 N–H and O–H groups in total. The minimum absolute atomic E-state index is 0.0522. The van der Waals surface area contributed by atoms with Gasteiger partial charge in [0.25, 0.3) is 5.89 Å². The molecule has 0 bridgehead atoms. The van der Waals surface area contributed by atoms with Gasteiger partial charge in [-0.3, -0.25) is 4.79 Å². The molecule has 0 radical (unpaired) electrons. The Kier molecular flexibility index (Phi) is 4.65. The number of carbonyl (C=O) groups excluding carboxylic acids is 1. The predicted molar refractivity (Wildman–Crippen MR) is 85.0 cm³/mol. The Labute approximate surface area is 141 Å². The number of rotatable bonds is 4. The van der Waals surface area contributed by atoms with Crippen LogP contribution in [-0.4, -0.2) is 60.1 Å². The molecule has 2 fully saturated rings. The van der Waals surface area contributed by atoms with Gasteiger partial charge in [0.05, 0.1) is 11.4 Å². The first-order valence-corrected chi connectivity index (χ1v) is 10.3. The number of aromatic nitrogens is 2. The highest BCUT2D eigenvalue weighted by Gasteiger charge is 2.45. The summed E-state index contributed by atoms with van der Waals surface area (Å²) in [4.78, 5) is 18.1. The maximum Gasteiger partial charge on any atom is 0.255 e. The van der Waals surface area contributed by atoms with Gasteiger partial charge in [-0.25, -0.2) is 8.42 Å². The first-order valence-electron chi connectivity index (χ1n) is 8.20. The lowest BCUT2D eigenvalue weighted by Crippen LogP contribution is -2.46. The predicted octanol–water partition coefficient (Wildman–Crippen LogP) is 1.03. The summed E-state index contributed by atoms with van der Waals surface area (Å²) in [6.45, 7) is 2.97. The number of nitrogens with zero attached hydrogens (tertiary/aromatic N) is 3. The molecule has 1 aromatic rings. The van der Waals surface area contributed by atoms with Gasteiger partial charge in [0.1, 0.15) is 15.9 Å². The van der Waals surface area contributed by atoms with Gasteiger partial charge < -0.3 is 14.2 Å². The van der Waals surface area contributed by atoms with E-state index in [2.05, 4.69) is 10.1 Å². The smallest absolute Gasteiger partial charge is 0.255 e. The van der Waals surface area contributed by atoms with Crippen molar-refractivity contribution in [2.45, 2.75) is 50.7 Å². The van der Waals surface area contributed by atoms with Crippen molar-refractivity contribution in [3.8, 4) is 0 Å². The van der Waals surface area contributed by atoms with E-state index < -0.39 is 9.84 Å². The molecule has 24 heavy (non-hydrogen) atoms. The molecular weight excluding hydrogens is 334 g/mol. The molecule has 2 aliphatic rings. The highest BCUT2D eigenvalue weighted by Crippen LogP contribution is 2.44. The summed E-state index contributed by atoms with van der Waals surface area (Å²) >= 11 is 0. The van der Waals surface area contributed by atoms with Gasteiger partial charge in [-0.15, -0.1) is 0 Å². The van der Waals surface area contributed by atoms with Crippen LogP contribution in [-0.2, 0) is 19.4 Å². The molecule has 1 atom stereocenters. The average molecular weight is 357 g/mol. The van der Waals surface area contributed by atoms with Gasteiger partial charge in [0.15, 0.2) is 5.82 Å². The Hall–Kier alpha value is -1.48. The summed E-state index contributed by atoms with van der Waals surface area (Å²) in [6, 6.07) is 0. The topological polar surface area (TPSA) is 103 Å². The second kappa shape index (κ2) is 6.44. The third kappa shape index (κ3) is 3.94. The Morgan fingerprint density at radius 1 is 1.33 bits per heavy atom. The van der Waals surface area contributed by atoms with E-state index in [1.54, 1.807) is 11.8 Å². The van der Waals surface area contributed by atoms with Crippen molar-refractivity contribution in [2.75, 3.05) is 25.1 Å². The molecule has 8 nitrogen and oxygen atoms in total. The van der Waals surface area contributed by atoms with E-state index in [4.69, 9.17) is 9.26 Å². The minimum Gasteiger partial charge on any atom is -0.362 e. The highest BCUT2D eigenvalue weighted by atomic mass is 32.2. The lowest BCUT2D eigenvalue weighted by molar-refractivity contribution is -0.137. The van der Waals surface area contributed by atoms with Crippen LogP contribution in [0.5, 0.6) is 0 Å². The zero-order valence-electron chi connectivity index (χ0n) is 14.0. The van der Waals surface area contributed by atoms with Crippen LogP contribution in [0.25, 0.3) is 0 Å². The number of hydrogen-bond acceptors (Lipinski definition) is 7. The monoisotopic (exact) mass is 357 g/mol. The van der Waals surface area contributed by atoms with E-state index in [0.29, 0.717) is 24.8 Å². The van der Waals surface area contributed by atoms with Crippen molar-refractivity contribution >= 4 is 15.7 Å². The number of hydrogen-bond donors (Lipinski definition) is 0. The lowest BCUT2D eigenvalue weighted by atomic mass is 9.88. The van der Waals surface area contributed by atoms with E-state index in [1.807, 2.05) is 0 Å². The molecule has 1 aromatic heterocycles. The molecule has 0 unspecified atom stereocenters. The van der Waals surface area contributed by atoms with E-state index in [1.165, 1.54) is 0 Å². The fourth-order valence-corrected chi connectivity index (χ4v) is 3.94. The second-order valence-electron chi connectivity index (χ2n) is 6.77. The molecule has 1 spiro atoms. The summed E-state index contributed by atoms with van der Waals surface area (Å²) in [5.41, 5.74) is -0.235. The van der Waals surface area contributed by atoms with Gasteiger partial charge in [-0.1, -0.05) is 5.16 Å². The van der Waals surface area contributed by atoms with Crippen molar-refractivity contribution in [1.82, 2.24) is 15.0 Å². The third-order valence-corrected chi connectivity index (χ3v) is 5.73. The zero-order chi connectivity index (χ0) is 17.4. The van der Waals surface area contributed by atoms with Gasteiger partial charge in [-0.2, -0.15) is 4.98 Å². The number of piperidine rings is 1. The molecule has 1 amide bonds. The zero-order valence-corrected chi connectivity index (χ0v) is 14.8. The van der Waals surface area contributed by atoms with Crippen LogP contribution in [0.3, 0.4) is 0 Å². The summed E-state index contributed by atoms with van der Waals surface area (Å²) in [7, 11) is -3.11. The SMILES string of the molecule is Cc1noc([C@@H]2CCC3(CCN(C(=O)CCS(C)(=O)=O)CC3)O2)n1. The fourth-order valence-electron chi connectivity index (χ4n) is 3.39. The highest BCUT2D eigenvalue weighted by molar-refractivity contribution is 7.90. The van der Waals surface area contributed by atoms with Gasteiger partial charge >= 0.3 is 0 Å². The lowest BCUT2D eigenvalue weighted by Gasteiger charge is -2.39. The van der Waals surface area contributed by atoms with Crippen LogP contribution in [0.15, 0.2) is 4.52 Å². The normalized spacial score (nSPS) is 23.8. The molecule has 3 rings (SSSR count). The van der Waals surface area contributed by atoms with Crippen molar-refractivity contribution in [1.29, 1.82) is 0 Å². The van der Waals surface area contributed by atoms with Crippen molar-refractivity contribution in [2.24, 2.45) is 0 Å². The molecular formula is C15H23N3O5S. The van der Waals surface area contributed by atoms with Crippen molar-refractivity contribution in [3.05, 3.63) is 11.7 Å². The molecule has 3 heterocycles. The first-order chi connectivity index (χ1) is 11.3. The maximum atomic E-state index is 12.1. The number of aryl methyl sites for hydroxylation is 1. The van der Waals surface area contributed by atoms with E-state index in [-0.39, 0.29) is 29.8 Å². The van der Waals surface area contributed by atoms with E-state index >= 15 is 0 Å².